The minimum absolute atomic E-state index is 0.314. The predicted molar refractivity (Wildman–Crippen MR) is 114 cm³/mol. The Balaban J connectivity index is 1.52. The number of ether oxygens (including phenoxy) is 1. The van der Waals surface area contributed by atoms with Crippen molar-refractivity contribution in [1.82, 2.24) is 9.88 Å². The summed E-state index contributed by atoms with van der Waals surface area (Å²) in [6, 6.07) is 13.1. The zero-order valence-electron chi connectivity index (χ0n) is 16.6. The van der Waals surface area contributed by atoms with Crippen LogP contribution in [0.2, 0.25) is 0 Å². The fourth-order valence-corrected chi connectivity index (χ4v) is 4.19. The molecule has 152 valence electrons. The van der Waals surface area contributed by atoms with Gasteiger partial charge in [0.25, 0.3) is 11.8 Å². The molecule has 0 radical (unpaired) electrons. The van der Waals surface area contributed by atoms with Gasteiger partial charge in [-0.3, -0.25) is 19.3 Å². The average molecular weight is 421 g/mol. The van der Waals surface area contributed by atoms with Crippen molar-refractivity contribution in [3.63, 3.8) is 0 Å². The van der Waals surface area contributed by atoms with Gasteiger partial charge in [-0.1, -0.05) is 12.1 Å². The number of aryl methyl sites for hydroxylation is 1. The topological polar surface area (TPSA) is 88.6 Å². The monoisotopic (exact) mass is 421 g/mol. The molecule has 7 nitrogen and oxygen atoms in total. The van der Waals surface area contributed by atoms with Crippen molar-refractivity contribution in [3.05, 3.63) is 64.5 Å². The quantitative estimate of drug-likeness (QED) is 0.634. The number of nitrogens with one attached hydrogen (secondary N) is 1. The Bertz CT molecular complexity index is 1120. The SMILES string of the molecule is COc1ccc(-c2nc(NC(=O)C(C)N3C(=O)c4ccccc4C3=O)sc2C)cc1. The van der Waals surface area contributed by atoms with Crippen molar-refractivity contribution in [3.8, 4) is 17.0 Å². The van der Waals surface area contributed by atoms with Gasteiger partial charge in [-0.15, -0.1) is 11.3 Å². The fourth-order valence-electron chi connectivity index (χ4n) is 3.35. The average Bonchev–Trinajstić information content (AvgIpc) is 3.24. The Morgan fingerprint density at radius 3 is 2.23 bits per heavy atom. The van der Waals surface area contributed by atoms with E-state index in [-0.39, 0.29) is 0 Å². The van der Waals surface area contributed by atoms with Crippen molar-refractivity contribution >= 4 is 34.2 Å². The van der Waals surface area contributed by atoms with Gasteiger partial charge in [0.2, 0.25) is 5.91 Å². The number of hydrogen-bond acceptors (Lipinski definition) is 6. The number of benzene rings is 2. The van der Waals surface area contributed by atoms with Crippen LogP contribution in [0.3, 0.4) is 0 Å². The van der Waals surface area contributed by atoms with Crippen LogP contribution in [0.25, 0.3) is 11.3 Å². The number of nitrogens with zero attached hydrogens (tertiary/aromatic N) is 2. The number of amides is 3. The Labute approximate surface area is 177 Å². The first-order chi connectivity index (χ1) is 14.4. The van der Waals surface area contributed by atoms with Crippen LogP contribution in [0.4, 0.5) is 5.13 Å². The second-order valence-corrected chi connectivity index (χ2v) is 8.05. The summed E-state index contributed by atoms with van der Waals surface area (Å²) in [6.45, 7) is 3.45. The molecule has 1 aromatic heterocycles. The summed E-state index contributed by atoms with van der Waals surface area (Å²) < 4.78 is 5.17. The first-order valence-corrected chi connectivity index (χ1v) is 10.1. The molecule has 30 heavy (non-hydrogen) atoms. The predicted octanol–water partition coefficient (Wildman–Crippen LogP) is 3.75. The van der Waals surface area contributed by atoms with Gasteiger partial charge in [0.05, 0.1) is 23.9 Å². The van der Waals surface area contributed by atoms with E-state index in [1.807, 2.05) is 31.2 Å². The van der Waals surface area contributed by atoms with Gasteiger partial charge in [-0.2, -0.15) is 0 Å². The van der Waals surface area contributed by atoms with Gasteiger partial charge in [-0.25, -0.2) is 4.98 Å². The van der Waals surface area contributed by atoms with Crippen molar-refractivity contribution in [2.45, 2.75) is 19.9 Å². The smallest absolute Gasteiger partial charge is 0.262 e. The second-order valence-electron chi connectivity index (χ2n) is 6.84. The van der Waals surface area contributed by atoms with Crippen molar-refractivity contribution in [2.24, 2.45) is 0 Å². The van der Waals surface area contributed by atoms with Crippen LogP contribution in [-0.2, 0) is 4.79 Å². The van der Waals surface area contributed by atoms with E-state index in [0.717, 1.165) is 26.8 Å². The Morgan fingerprint density at radius 2 is 1.67 bits per heavy atom. The van der Waals surface area contributed by atoms with Crippen molar-refractivity contribution < 1.29 is 19.1 Å². The van der Waals surface area contributed by atoms with E-state index in [9.17, 15) is 14.4 Å². The van der Waals surface area contributed by atoms with Crippen molar-refractivity contribution in [2.75, 3.05) is 12.4 Å². The molecule has 0 bridgehead atoms. The summed E-state index contributed by atoms with van der Waals surface area (Å²) >= 11 is 1.33. The third-order valence-corrected chi connectivity index (χ3v) is 5.87. The molecule has 2 aromatic carbocycles. The van der Waals surface area contributed by atoms with E-state index in [1.54, 1.807) is 31.4 Å². The van der Waals surface area contributed by atoms with Gasteiger partial charge in [0.1, 0.15) is 11.8 Å². The number of carbonyl (C=O) groups excluding carboxylic acids is 3. The lowest BCUT2D eigenvalue weighted by atomic mass is 10.1. The summed E-state index contributed by atoms with van der Waals surface area (Å²) in [4.78, 5) is 44.4. The molecule has 0 aliphatic carbocycles. The van der Waals surface area contributed by atoms with Crippen LogP contribution in [-0.4, -0.2) is 40.8 Å². The maximum Gasteiger partial charge on any atom is 0.262 e. The van der Waals surface area contributed by atoms with Gasteiger partial charge in [-0.05, 0) is 50.2 Å². The zero-order valence-corrected chi connectivity index (χ0v) is 17.4. The number of thiazole rings is 1. The Hall–Kier alpha value is -3.52. The van der Waals surface area contributed by atoms with Crippen LogP contribution >= 0.6 is 11.3 Å². The number of anilines is 1. The molecule has 1 unspecified atom stereocenters. The fraction of sp³-hybridized carbons (Fsp3) is 0.182. The van der Waals surface area contributed by atoms with E-state index in [1.165, 1.54) is 18.3 Å². The third-order valence-electron chi connectivity index (χ3n) is 4.98. The van der Waals surface area contributed by atoms with Crippen molar-refractivity contribution in [1.29, 1.82) is 0 Å². The number of rotatable bonds is 5. The molecule has 1 aliphatic rings. The Kier molecular flexibility index (Phi) is 5.09. The van der Waals surface area contributed by atoms with Crippen LogP contribution in [0.1, 0.15) is 32.5 Å². The molecule has 0 spiro atoms. The van der Waals surface area contributed by atoms with Crippen LogP contribution < -0.4 is 10.1 Å². The van der Waals surface area contributed by atoms with Gasteiger partial charge in [0.15, 0.2) is 5.13 Å². The third kappa shape index (κ3) is 3.35. The minimum Gasteiger partial charge on any atom is -0.497 e. The highest BCUT2D eigenvalue weighted by Crippen LogP contribution is 2.32. The van der Waals surface area contributed by atoms with Crippen LogP contribution in [0.15, 0.2) is 48.5 Å². The summed E-state index contributed by atoms with van der Waals surface area (Å²) in [5, 5.41) is 3.15. The van der Waals surface area contributed by atoms with E-state index in [2.05, 4.69) is 10.3 Å². The lowest BCUT2D eigenvalue weighted by Crippen LogP contribution is -2.45. The van der Waals surface area contributed by atoms with E-state index in [0.29, 0.717) is 16.3 Å². The maximum atomic E-state index is 12.8. The normalized spacial score (nSPS) is 13.9. The molecule has 1 atom stereocenters. The molecular weight excluding hydrogens is 402 g/mol. The Morgan fingerprint density at radius 1 is 1.07 bits per heavy atom. The molecule has 8 heteroatoms. The van der Waals surface area contributed by atoms with E-state index >= 15 is 0 Å². The number of fused-ring (bicyclic) bond motifs is 1. The number of hydrogen-bond donors (Lipinski definition) is 1. The number of aromatic nitrogens is 1. The highest BCUT2D eigenvalue weighted by atomic mass is 32.1. The summed E-state index contributed by atoms with van der Waals surface area (Å²) in [5.74, 6) is -0.658. The van der Waals surface area contributed by atoms with Crippen LogP contribution in [0.5, 0.6) is 5.75 Å². The maximum absolute atomic E-state index is 12.8. The van der Waals surface area contributed by atoms with E-state index in [4.69, 9.17) is 4.74 Å². The summed E-state index contributed by atoms with van der Waals surface area (Å²) in [5.41, 5.74) is 2.29. The summed E-state index contributed by atoms with van der Waals surface area (Å²) in [6.07, 6.45) is 0. The standard InChI is InChI=1S/C22H19N3O4S/c1-12(25-20(27)16-6-4-5-7-17(16)21(25)28)19(26)24-22-23-18(13(2)30-22)14-8-10-15(29-3)11-9-14/h4-12H,1-3H3,(H,23,24,26). The zero-order chi connectivity index (χ0) is 21.4. The lowest BCUT2D eigenvalue weighted by Gasteiger charge is -2.21. The molecule has 0 saturated carbocycles. The molecule has 2 heterocycles. The molecule has 0 saturated heterocycles. The van der Waals surface area contributed by atoms with Crippen LogP contribution in [0, 0.1) is 6.92 Å². The van der Waals surface area contributed by atoms with Gasteiger partial charge in [0, 0.05) is 10.4 Å². The second kappa shape index (κ2) is 7.72. The molecule has 4 rings (SSSR count). The molecule has 3 aromatic rings. The summed E-state index contributed by atoms with van der Waals surface area (Å²) in [7, 11) is 1.60. The molecule has 1 aliphatic heterocycles. The minimum atomic E-state index is -0.967. The van der Waals surface area contributed by atoms with Gasteiger partial charge < -0.3 is 10.1 Å². The molecule has 0 fully saturated rings. The van der Waals surface area contributed by atoms with E-state index < -0.39 is 23.8 Å². The number of carbonyl (C=O) groups is 3. The largest absolute Gasteiger partial charge is 0.497 e. The first-order valence-electron chi connectivity index (χ1n) is 9.30. The number of imide groups is 1. The molecule has 1 N–H and O–H groups in total. The number of methoxy groups -OCH3 is 1. The first kappa shape index (κ1) is 19.8. The highest BCUT2D eigenvalue weighted by Gasteiger charge is 2.40. The highest BCUT2D eigenvalue weighted by molar-refractivity contribution is 7.16. The lowest BCUT2D eigenvalue weighted by molar-refractivity contribution is -0.119. The molecular formula is C22H19N3O4S. The van der Waals surface area contributed by atoms with Gasteiger partial charge >= 0.3 is 0 Å². The molecule has 3 amide bonds.